The molecule has 0 spiro atoms. The predicted octanol–water partition coefficient (Wildman–Crippen LogP) is 0.900. The zero-order valence-electron chi connectivity index (χ0n) is 11.8. The first-order chi connectivity index (χ1) is 10.1. The highest BCUT2D eigenvalue weighted by atomic mass is 16.5. The molecular weight excluding hydrogens is 272 g/mol. The maximum atomic E-state index is 11.8. The smallest absolute Gasteiger partial charge is 0.328 e. The Morgan fingerprint density at radius 1 is 1.38 bits per heavy atom. The fraction of sp³-hybridized carbons (Fsp3) is 0.267. The van der Waals surface area contributed by atoms with Crippen LogP contribution in [0.25, 0.3) is 10.9 Å². The number of benzene rings is 1. The molecule has 110 valence electrons. The van der Waals surface area contributed by atoms with E-state index in [0.29, 0.717) is 6.41 Å². The molecule has 1 heterocycles. The van der Waals surface area contributed by atoms with Gasteiger partial charge in [0.1, 0.15) is 6.04 Å². The topological polar surface area (TPSA) is 77.4 Å². The lowest BCUT2D eigenvalue weighted by molar-refractivity contribution is -0.144. The Morgan fingerprint density at radius 2 is 2.10 bits per heavy atom. The molecule has 1 amide bonds. The Morgan fingerprint density at radius 3 is 2.71 bits per heavy atom. The van der Waals surface area contributed by atoms with Crippen molar-refractivity contribution in [1.82, 2.24) is 9.88 Å². The van der Waals surface area contributed by atoms with Gasteiger partial charge in [-0.15, -0.1) is 0 Å². The molecule has 0 saturated carbocycles. The second-order valence-electron chi connectivity index (χ2n) is 4.66. The normalized spacial score (nSPS) is 11.9. The molecule has 0 aliphatic heterocycles. The number of carbonyl (C=O) groups excluding carboxylic acids is 3. The van der Waals surface area contributed by atoms with Crippen LogP contribution in [-0.2, 0) is 25.5 Å². The summed E-state index contributed by atoms with van der Waals surface area (Å²) in [6.45, 7) is 1.34. The zero-order chi connectivity index (χ0) is 15.4. The van der Waals surface area contributed by atoms with E-state index in [4.69, 9.17) is 4.74 Å². The predicted molar refractivity (Wildman–Crippen MR) is 77.4 cm³/mol. The van der Waals surface area contributed by atoms with E-state index in [1.165, 1.54) is 18.6 Å². The van der Waals surface area contributed by atoms with Crippen LogP contribution in [0.3, 0.4) is 0 Å². The Labute approximate surface area is 121 Å². The molecule has 6 heteroatoms. The number of methoxy groups -OCH3 is 1. The number of ether oxygens (including phenoxy) is 1. The number of para-hydroxylation sites is 1. The minimum atomic E-state index is -0.779. The summed E-state index contributed by atoms with van der Waals surface area (Å²) in [5.74, 6) is -0.836. The standard InChI is InChI=1S/C15H16N2O4/c1-10(19)16-13(15(20)21-2)7-11-8-17(9-18)14-6-4-3-5-12(11)14/h3-6,8-9,13H,7H2,1-2H3,(H,16,19)/t13-/m0/s1. The second kappa shape index (κ2) is 6.21. The molecule has 2 rings (SSSR count). The molecule has 1 aromatic carbocycles. The Kier molecular flexibility index (Phi) is 4.37. The summed E-state index contributed by atoms with van der Waals surface area (Å²) in [6, 6.07) is 6.59. The van der Waals surface area contributed by atoms with Gasteiger partial charge in [-0.2, -0.15) is 0 Å². The molecule has 0 fully saturated rings. The number of nitrogens with one attached hydrogen (secondary N) is 1. The summed E-state index contributed by atoms with van der Waals surface area (Å²) in [4.78, 5) is 34.0. The maximum absolute atomic E-state index is 11.8. The van der Waals surface area contributed by atoms with E-state index in [1.54, 1.807) is 6.20 Å². The highest BCUT2D eigenvalue weighted by Crippen LogP contribution is 2.21. The van der Waals surface area contributed by atoms with Crippen LogP contribution in [0.4, 0.5) is 0 Å². The number of nitrogens with zero attached hydrogens (tertiary/aromatic N) is 1. The van der Waals surface area contributed by atoms with Crippen LogP contribution in [0.1, 0.15) is 12.5 Å². The Balaban J connectivity index is 2.38. The van der Waals surface area contributed by atoms with E-state index < -0.39 is 12.0 Å². The van der Waals surface area contributed by atoms with Gasteiger partial charge >= 0.3 is 5.97 Å². The Bertz CT molecular complexity index is 690. The lowest BCUT2D eigenvalue weighted by atomic mass is 10.1. The van der Waals surface area contributed by atoms with Crippen LogP contribution >= 0.6 is 0 Å². The first-order valence-electron chi connectivity index (χ1n) is 6.45. The van der Waals surface area contributed by atoms with Crippen LogP contribution < -0.4 is 5.32 Å². The summed E-state index contributed by atoms with van der Waals surface area (Å²) >= 11 is 0. The average molecular weight is 288 g/mol. The van der Waals surface area contributed by atoms with Gasteiger partial charge in [-0.1, -0.05) is 18.2 Å². The molecule has 0 bridgehead atoms. The molecule has 0 radical (unpaired) electrons. The fourth-order valence-electron chi connectivity index (χ4n) is 2.33. The van der Waals surface area contributed by atoms with Gasteiger partial charge in [0.25, 0.3) is 0 Å². The van der Waals surface area contributed by atoms with Gasteiger partial charge < -0.3 is 10.1 Å². The van der Waals surface area contributed by atoms with E-state index in [-0.39, 0.29) is 12.3 Å². The third kappa shape index (κ3) is 3.10. The highest BCUT2D eigenvalue weighted by Gasteiger charge is 2.22. The van der Waals surface area contributed by atoms with Crippen LogP contribution in [0.15, 0.2) is 30.5 Å². The van der Waals surface area contributed by atoms with Crippen LogP contribution in [0, 0.1) is 0 Å². The third-order valence-electron chi connectivity index (χ3n) is 3.22. The molecule has 1 aromatic heterocycles. The summed E-state index contributed by atoms with van der Waals surface area (Å²) in [7, 11) is 1.27. The highest BCUT2D eigenvalue weighted by molar-refractivity contribution is 5.90. The van der Waals surface area contributed by atoms with Crippen LogP contribution in [-0.4, -0.2) is 36.0 Å². The van der Waals surface area contributed by atoms with E-state index >= 15 is 0 Å². The van der Waals surface area contributed by atoms with Crippen molar-refractivity contribution in [2.45, 2.75) is 19.4 Å². The molecule has 0 saturated heterocycles. The van der Waals surface area contributed by atoms with E-state index in [0.717, 1.165) is 16.5 Å². The number of amides is 1. The average Bonchev–Trinajstić information content (AvgIpc) is 2.83. The van der Waals surface area contributed by atoms with Crippen molar-refractivity contribution >= 4 is 29.2 Å². The largest absolute Gasteiger partial charge is 0.467 e. The second-order valence-corrected chi connectivity index (χ2v) is 4.66. The van der Waals surface area contributed by atoms with Crippen molar-refractivity contribution in [3.63, 3.8) is 0 Å². The monoisotopic (exact) mass is 288 g/mol. The van der Waals surface area contributed by atoms with Crippen molar-refractivity contribution < 1.29 is 19.1 Å². The van der Waals surface area contributed by atoms with Crippen LogP contribution in [0.5, 0.6) is 0 Å². The molecule has 0 aliphatic carbocycles. The van der Waals surface area contributed by atoms with Gasteiger partial charge in [-0.05, 0) is 11.6 Å². The van der Waals surface area contributed by atoms with Gasteiger partial charge in [0, 0.05) is 24.9 Å². The summed E-state index contributed by atoms with van der Waals surface area (Å²) in [6.07, 6.45) is 2.63. The molecule has 1 N–H and O–H groups in total. The van der Waals surface area contributed by atoms with Gasteiger partial charge in [0.2, 0.25) is 12.3 Å². The molecule has 2 aromatic rings. The molecule has 21 heavy (non-hydrogen) atoms. The zero-order valence-corrected chi connectivity index (χ0v) is 11.8. The van der Waals surface area contributed by atoms with E-state index in [9.17, 15) is 14.4 Å². The maximum Gasteiger partial charge on any atom is 0.328 e. The quantitative estimate of drug-likeness (QED) is 0.655. The van der Waals surface area contributed by atoms with E-state index in [1.807, 2.05) is 24.3 Å². The summed E-state index contributed by atoms with van der Waals surface area (Å²) in [5, 5.41) is 3.42. The fourth-order valence-corrected chi connectivity index (χ4v) is 2.33. The SMILES string of the molecule is COC(=O)[C@H](Cc1cn(C=O)c2ccccc12)NC(C)=O. The van der Waals surface area contributed by atoms with Crippen molar-refractivity contribution in [1.29, 1.82) is 0 Å². The third-order valence-corrected chi connectivity index (χ3v) is 3.22. The number of fused-ring (bicyclic) bond motifs is 1. The summed E-state index contributed by atoms with van der Waals surface area (Å²) in [5.41, 5.74) is 1.55. The number of rotatable bonds is 5. The summed E-state index contributed by atoms with van der Waals surface area (Å²) < 4.78 is 6.15. The molecule has 6 nitrogen and oxygen atoms in total. The number of carbonyl (C=O) groups is 3. The number of hydrogen-bond acceptors (Lipinski definition) is 4. The van der Waals surface area contributed by atoms with Gasteiger partial charge in [-0.3, -0.25) is 14.2 Å². The first kappa shape index (κ1) is 14.8. The van der Waals surface area contributed by atoms with Crippen molar-refractivity contribution in [3.05, 3.63) is 36.0 Å². The van der Waals surface area contributed by atoms with Crippen molar-refractivity contribution in [3.8, 4) is 0 Å². The lowest BCUT2D eigenvalue weighted by Gasteiger charge is -2.14. The van der Waals surface area contributed by atoms with Gasteiger partial charge in [0.15, 0.2) is 0 Å². The van der Waals surface area contributed by atoms with Crippen molar-refractivity contribution in [2.24, 2.45) is 0 Å². The van der Waals surface area contributed by atoms with E-state index in [2.05, 4.69) is 5.32 Å². The first-order valence-corrected chi connectivity index (χ1v) is 6.45. The number of esters is 1. The Hall–Kier alpha value is -2.63. The minimum Gasteiger partial charge on any atom is -0.467 e. The molecular formula is C15H16N2O4. The molecule has 1 atom stereocenters. The number of aromatic nitrogens is 1. The molecule has 0 unspecified atom stereocenters. The van der Waals surface area contributed by atoms with Gasteiger partial charge in [-0.25, -0.2) is 4.79 Å². The molecule has 0 aliphatic rings. The minimum absolute atomic E-state index is 0.258. The van der Waals surface area contributed by atoms with Gasteiger partial charge in [0.05, 0.1) is 12.6 Å². The number of hydrogen-bond donors (Lipinski definition) is 1. The van der Waals surface area contributed by atoms with Crippen LogP contribution in [0.2, 0.25) is 0 Å². The van der Waals surface area contributed by atoms with Crippen molar-refractivity contribution in [2.75, 3.05) is 7.11 Å². The lowest BCUT2D eigenvalue weighted by Crippen LogP contribution is -2.41.